The van der Waals surface area contributed by atoms with Crippen LogP contribution in [-0.4, -0.2) is 51.3 Å². The third-order valence-electron chi connectivity index (χ3n) is 2.00. The molecule has 0 unspecified atom stereocenters. The number of nitrogens with zero attached hydrogens (tertiary/aromatic N) is 1. The molecule has 1 rings (SSSR count). The van der Waals surface area contributed by atoms with Crippen LogP contribution in [0.1, 0.15) is 15.5 Å². The molecule has 0 spiro atoms. The van der Waals surface area contributed by atoms with Gasteiger partial charge in [0.2, 0.25) is 0 Å². The molecule has 0 saturated carbocycles. The number of carboxylic acid groups (broad SMARTS) is 1. The monoisotopic (exact) mass is 309 g/mol. The van der Waals surface area contributed by atoms with Crippen LogP contribution in [0.2, 0.25) is 0 Å². The molecule has 0 aliphatic rings. The first-order valence-electron chi connectivity index (χ1n) is 5.35. The van der Waals surface area contributed by atoms with E-state index in [9.17, 15) is 13.2 Å². The van der Waals surface area contributed by atoms with E-state index < -0.39 is 16.2 Å². The highest BCUT2D eigenvalue weighted by Gasteiger charge is 2.11. The van der Waals surface area contributed by atoms with Gasteiger partial charge in [-0.25, -0.2) is 14.5 Å². The summed E-state index contributed by atoms with van der Waals surface area (Å²) in [5, 5.41) is 10.7. The van der Waals surface area contributed by atoms with E-state index in [-0.39, 0.29) is 25.4 Å². The molecule has 10 heteroatoms. The zero-order valence-electron chi connectivity index (χ0n) is 10.2. The van der Waals surface area contributed by atoms with Gasteiger partial charge in [0.15, 0.2) is 5.69 Å². The minimum absolute atomic E-state index is 0.0268. The van der Waals surface area contributed by atoms with E-state index in [4.69, 9.17) is 9.84 Å². The molecule has 19 heavy (non-hydrogen) atoms. The van der Waals surface area contributed by atoms with Crippen LogP contribution in [0.3, 0.4) is 0 Å². The minimum Gasteiger partial charge on any atom is -0.476 e. The fraction of sp³-hybridized carbons (Fsp3) is 0.556. The van der Waals surface area contributed by atoms with E-state index in [2.05, 4.69) is 14.4 Å². The van der Waals surface area contributed by atoms with Gasteiger partial charge in [-0.1, -0.05) is 0 Å². The average Bonchev–Trinajstić information content (AvgIpc) is 2.78. The van der Waals surface area contributed by atoms with Crippen molar-refractivity contribution in [2.24, 2.45) is 0 Å². The van der Waals surface area contributed by atoms with Gasteiger partial charge in [0.25, 0.3) is 10.2 Å². The number of nitrogens with one attached hydrogen (secondary N) is 2. The Kier molecular flexibility index (Phi) is 6.31. The number of aromatic carboxylic acids is 1. The lowest BCUT2D eigenvalue weighted by Crippen LogP contribution is -2.39. The Labute approximate surface area is 115 Å². The molecule has 0 atom stereocenters. The molecule has 1 aromatic rings. The van der Waals surface area contributed by atoms with E-state index in [1.165, 1.54) is 23.8 Å². The molecule has 108 valence electrons. The first-order chi connectivity index (χ1) is 8.94. The van der Waals surface area contributed by atoms with Gasteiger partial charge < -0.3 is 9.84 Å². The summed E-state index contributed by atoms with van der Waals surface area (Å²) in [7, 11) is -2.08. The largest absolute Gasteiger partial charge is 0.476 e. The van der Waals surface area contributed by atoms with E-state index in [0.717, 1.165) is 0 Å². The molecular weight excluding hydrogens is 294 g/mol. The van der Waals surface area contributed by atoms with E-state index in [1.807, 2.05) is 0 Å². The summed E-state index contributed by atoms with van der Waals surface area (Å²) in [6, 6.07) is 0. The first-order valence-corrected chi connectivity index (χ1v) is 7.72. The van der Waals surface area contributed by atoms with Gasteiger partial charge >= 0.3 is 5.97 Å². The number of hydrogen-bond donors (Lipinski definition) is 3. The van der Waals surface area contributed by atoms with Gasteiger partial charge in [-0.15, -0.1) is 11.3 Å². The summed E-state index contributed by atoms with van der Waals surface area (Å²) in [5.74, 6) is -1.09. The summed E-state index contributed by atoms with van der Waals surface area (Å²) in [6.45, 7) is 0.622. The Hall–Kier alpha value is -1.07. The molecule has 0 aromatic carbocycles. The minimum atomic E-state index is -3.55. The summed E-state index contributed by atoms with van der Waals surface area (Å²) < 4.78 is 32.2. The molecular formula is C9H15N3O5S2. The number of hydrogen-bond acceptors (Lipinski definition) is 6. The van der Waals surface area contributed by atoms with Crippen LogP contribution in [-0.2, 0) is 21.4 Å². The first kappa shape index (κ1) is 16.0. The maximum Gasteiger partial charge on any atom is 0.355 e. The van der Waals surface area contributed by atoms with Gasteiger partial charge in [-0.2, -0.15) is 13.1 Å². The molecule has 0 saturated heterocycles. The van der Waals surface area contributed by atoms with E-state index in [0.29, 0.717) is 11.4 Å². The van der Waals surface area contributed by atoms with Crippen LogP contribution in [0, 0.1) is 0 Å². The number of carbonyl (C=O) groups is 1. The van der Waals surface area contributed by atoms with Crippen LogP contribution in [0.5, 0.6) is 0 Å². The van der Waals surface area contributed by atoms with Gasteiger partial charge in [0.1, 0.15) is 0 Å². The number of carboxylic acids is 1. The van der Waals surface area contributed by atoms with Crippen molar-refractivity contribution in [2.75, 3.05) is 26.8 Å². The van der Waals surface area contributed by atoms with Crippen molar-refractivity contribution < 1.29 is 23.1 Å². The molecule has 3 N–H and O–H groups in total. The molecule has 0 aliphatic heterocycles. The zero-order chi connectivity index (χ0) is 14.3. The van der Waals surface area contributed by atoms with Gasteiger partial charge in [0, 0.05) is 32.0 Å². The van der Waals surface area contributed by atoms with Crippen molar-refractivity contribution in [3.63, 3.8) is 0 Å². The Balaban J connectivity index is 2.34. The third-order valence-corrected chi connectivity index (χ3v) is 4.08. The molecule has 0 amide bonds. The second-order valence-corrected chi connectivity index (χ2v) is 5.99. The summed E-state index contributed by atoms with van der Waals surface area (Å²) in [5.41, 5.74) is -0.0268. The van der Waals surface area contributed by atoms with Crippen LogP contribution < -0.4 is 9.44 Å². The fourth-order valence-corrected chi connectivity index (χ4v) is 2.74. The number of aromatic nitrogens is 1. The highest BCUT2D eigenvalue weighted by atomic mass is 32.2. The predicted octanol–water partition coefficient (Wildman–Crippen LogP) is -0.546. The van der Waals surface area contributed by atoms with E-state index in [1.54, 1.807) is 0 Å². The van der Waals surface area contributed by atoms with Gasteiger partial charge in [-0.05, 0) is 0 Å². The molecule has 0 aliphatic carbocycles. The summed E-state index contributed by atoms with van der Waals surface area (Å²) >= 11 is 1.18. The van der Waals surface area contributed by atoms with Gasteiger partial charge in [0.05, 0.1) is 11.6 Å². The zero-order valence-corrected chi connectivity index (χ0v) is 11.9. The van der Waals surface area contributed by atoms with Crippen molar-refractivity contribution in [2.45, 2.75) is 6.42 Å². The highest BCUT2D eigenvalue weighted by molar-refractivity contribution is 7.87. The fourth-order valence-electron chi connectivity index (χ4n) is 1.15. The van der Waals surface area contributed by atoms with Crippen molar-refractivity contribution >= 4 is 27.5 Å². The van der Waals surface area contributed by atoms with Crippen LogP contribution in [0.4, 0.5) is 0 Å². The lowest BCUT2D eigenvalue weighted by atomic mass is 10.4. The average molecular weight is 309 g/mol. The van der Waals surface area contributed by atoms with Crippen molar-refractivity contribution in [3.05, 3.63) is 16.1 Å². The SMILES string of the molecule is COCCNS(=O)(=O)NCCc1nc(C(=O)O)cs1. The molecule has 0 radical (unpaired) electrons. The van der Waals surface area contributed by atoms with Crippen molar-refractivity contribution in [1.82, 2.24) is 14.4 Å². The van der Waals surface area contributed by atoms with Gasteiger partial charge in [-0.3, -0.25) is 0 Å². The molecule has 1 aromatic heterocycles. The predicted molar refractivity (Wildman–Crippen MR) is 69.6 cm³/mol. The summed E-state index contributed by atoms with van der Waals surface area (Å²) in [6.07, 6.45) is 0.336. The number of ether oxygens (including phenoxy) is 1. The molecule has 8 nitrogen and oxygen atoms in total. The van der Waals surface area contributed by atoms with Crippen LogP contribution >= 0.6 is 11.3 Å². The lowest BCUT2D eigenvalue weighted by molar-refractivity contribution is 0.0691. The second kappa shape index (κ2) is 7.50. The Morgan fingerprint density at radius 1 is 1.47 bits per heavy atom. The normalized spacial score (nSPS) is 11.6. The summed E-state index contributed by atoms with van der Waals surface area (Å²) in [4.78, 5) is 14.5. The number of methoxy groups -OCH3 is 1. The Morgan fingerprint density at radius 2 is 2.16 bits per heavy atom. The van der Waals surface area contributed by atoms with E-state index >= 15 is 0 Å². The highest BCUT2D eigenvalue weighted by Crippen LogP contribution is 2.09. The Bertz CT molecular complexity index is 514. The molecule has 0 fully saturated rings. The standard InChI is InChI=1S/C9H15N3O5S2/c1-17-5-4-11-19(15,16)10-3-2-8-12-7(6-18-8)9(13)14/h6,10-11H,2-5H2,1H3,(H,13,14). The maximum absolute atomic E-state index is 11.4. The maximum atomic E-state index is 11.4. The number of thiazole rings is 1. The Morgan fingerprint density at radius 3 is 2.74 bits per heavy atom. The second-order valence-electron chi connectivity index (χ2n) is 3.47. The topological polar surface area (TPSA) is 118 Å². The number of rotatable bonds is 9. The third kappa shape index (κ3) is 6.07. The van der Waals surface area contributed by atoms with Crippen molar-refractivity contribution in [1.29, 1.82) is 0 Å². The quantitative estimate of drug-likeness (QED) is 0.527. The van der Waals surface area contributed by atoms with Crippen LogP contribution in [0.25, 0.3) is 0 Å². The lowest BCUT2D eigenvalue weighted by Gasteiger charge is -2.06. The smallest absolute Gasteiger partial charge is 0.355 e. The van der Waals surface area contributed by atoms with Crippen molar-refractivity contribution in [3.8, 4) is 0 Å². The van der Waals surface area contributed by atoms with Crippen LogP contribution in [0.15, 0.2) is 5.38 Å². The molecule has 0 bridgehead atoms. The molecule has 1 heterocycles.